The summed E-state index contributed by atoms with van der Waals surface area (Å²) in [5.74, 6) is -1.82. The van der Waals surface area contributed by atoms with Gasteiger partial charge in [-0.25, -0.2) is 9.59 Å². The van der Waals surface area contributed by atoms with E-state index in [1.165, 1.54) is 24.3 Å². The molecule has 1 fully saturated rings. The second kappa shape index (κ2) is 8.92. The summed E-state index contributed by atoms with van der Waals surface area (Å²) in [6.07, 6.45) is -8.69. The molecule has 0 spiro atoms. The molecular weight excluding hydrogens is 472 g/mol. The van der Waals surface area contributed by atoms with Gasteiger partial charge in [0.1, 0.15) is 29.8 Å². The molecule has 186 valence electrons. The van der Waals surface area contributed by atoms with E-state index in [2.05, 4.69) is 0 Å². The summed E-state index contributed by atoms with van der Waals surface area (Å²) < 4.78 is 16.7. The standard InChI is InChI=1S/C26H22O10/c27-15-9-5-13(6-10-15)26(18-4-2-1-3-17(18)24(33)36-26)14-7-11-16(12-8-14)34-25-21(30)19(28)20(29)22(35-25)23(31)32/h1-12,19-22,25,27-30H,(H,31,32)/t19-,20-,21+,22-,25+,26+/m0/s1. The van der Waals surface area contributed by atoms with Crippen LogP contribution >= 0.6 is 0 Å². The number of ether oxygens (including phenoxy) is 3. The van der Waals surface area contributed by atoms with E-state index in [4.69, 9.17) is 14.2 Å². The van der Waals surface area contributed by atoms with Crippen molar-refractivity contribution in [2.45, 2.75) is 36.3 Å². The number of carbonyl (C=O) groups excluding carboxylic acids is 1. The Hall–Kier alpha value is -3.96. The normalized spacial score (nSPS) is 29.3. The Morgan fingerprint density at radius 3 is 2.08 bits per heavy atom. The Bertz CT molecular complexity index is 1290. The molecular formula is C26H22O10. The number of cyclic esters (lactones) is 1. The number of hydrogen-bond donors (Lipinski definition) is 5. The van der Waals surface area contributed by atoms with Crippen molar-refractivity contribution < 1.29 is 49.3 Å². The number of rotatable bonds is 5. The zero-order valence-corrected chi connectivity index (χ0v) is 18.6. The highest BCUT2D eigenvalue weighted by Crippen LogP contribution is 2.47. The number of aliphatic hydroxyl groups is 3. The van der Waals surface area contributed by atoms with Crippen molar-refractivity contribution in [1.82, 2.24) is 0 Å². The second-order valence-electron chi connectivity index (χ2n) is 8.54. The molecule has 0 aromatic heterocycles. The number of carboxylic acid groups (broad SMARTS) is 1. The fraction of sp³-hybridized carbons (Fsp3) is 0.231. The predicted molar refractivity (Wildman–Crippen MR) is 121 cm³/mol. The third-order valence-corrected chi connectivity index (χ3v) is 6.37. The summed E-state index contributed by atoms with van der Waals surface area (Å²) in [6.45, 7) is 0. The van der Waals surface area contributed by atoms with Gasteiger partial charge in [0.25, 0.3) is 0 Å². The Labute approximate surface area is 204 Å². The van der Waals surface area contributed by atoms with Crippen molar-refractivity contribution in [1.29, 1.82) is 0 Å². The van der Waals surface area contributed by atoms with E-state index in [0.717, 1.165) is 0 Å². The van der Waals surface area contributed by atoms with Crippen LogP contribution in [0.3, 0.4) is 0 Å². The molecule has 0 bridgehead atoms. The topological polar surface area (TPSA) is 163 Å². The molecule has 0 unspecified atom stereocenters. The van der Waals surface area contributed by atoms with Crippen molar-refractivity contribution in [3.8, 4) is 11.5 Å². The maximum Gasteiger partial charge on any atom is 0.340 e. The van der Waals surface area contributed by atoms with Crippen molar-refractivity contribution >= 4 is 11.9 Å². The van der Waals surface area contributed by atoms with E-state index in [1.807, 2.05) is 0 Å². The van der Waals surface area contributed by atoms with E-state index in [0.29, 0.717) is 22.3 Å². The zero-order valence-electron chi connectivity index (χ0n) is 18.6. The van der Waals surface area contributed by atoms with Crippen LogP contribution in [0, 0.1) is 0 Å². The van der Waals surface area contributed by atoms with Gasteiger partial charge in [0.05, 0.1) is 5.56 Å². The minimum absolute atomic E-state index is 0.0493. The van der Waals surface area contributed by atoms with Crippen molar-refractivity contribution in [3.63, 3.8) is 0 Å². The Balaban J connectivity index is 1.50. The molecule has 5 rings (SSSR count). The first-order chi connectivity index (χ1) is 17.2. The molecule has 2 heterocycles. The number of esters is 1. The number of aliphatic hydroxyl groups excluding tert-OH is 3. The van der Waals surface area contributed by atoms with Crippen LogP contribution in [0.15, 0.2) is 72.8 Å². The third kappa shape index (κ3) is 3.76. The first kappa shape index (κ1) is 23.8. The van der Waals surface area contributed by atoms with Gasteiger partial charge in [-0.05, 0) is 30.3 Å². The van der Waals surface area contributed by atoms with Crippen LogP contribution < -0.4 is 4.74 Å². The van der Waals surface area contributed by atoms with Gasteiger partial charge < -0.3 is 39.7 Å². The molecule has 1 saturated heterocycles. The highest BCUT2D eigenvalue weighted by atomic mass is 16.7. The maximum atomic E-state index is 12.8. The van der Waals surface area contributed by atoms with Gasteiger partial charge in [0, 0.05) is 16.7 Å². The molecule has 36 heavy (non-hydrogen) atoms. The summed E-state index contributed by atoms with van der Waals surface area (Å²) >= 11 is 0. The summed E-state index contributed by atoms with van der Waals surface area (Å²) in [6, 6.07) is 19.5. The lowest BCUT2D eigenvalue weighted by atomic mass is 9.80. The quantitative estimate of drug-likeness (QED) is 0.325. The van der Waals surface area contributed by atoms with Gasteiger partial charge >= 0.3 is 11.9 Å². The van der Waals surface area contributed by atoms with E-state index < -0.39 is 48.2 Å². The molecule has 0 amide bonds. The molecule has 5 N–H and O–H groups in total. The minimum Gasteiger partial charge on any atom is -0.508 e. The average Bonchev–Trinajstić information content (AvgIpc) is 3.18. The first-order valence-electron chi connectivity index (χ1n) is 11.0. The number of phenolic OH excluding ortho intramolecular Hbond substituents is 1. The van der Waals surface area contributed by atoms with Gasteiger partial charge in [-0.15, -0.1) is 0 Å². The Kier molecular flexibility index (Phi) is 5.89. The highest BCUT2D eigenvalue weighted by molar-refractivity contribution is 5.96. The minimum atomic E-state index is -1.83. The van der Waals surface area contributed by atoms with Gasteiger partial charge in [-0.3, -0.25) is 0 Å². The summed E-state index contributed by atoms with van der Waals surface area (Å²) in [5.41, 5.74) is 0.858. The van der Waals surface area contributed by atoms with E-state index in [-0.39, 0.29) is 11.5 Å². The summed E-state index contributed by atoms with van der Waals surface area (Å²) in [5, 5.41) is 49.1. The predicted octanol–water partition coefficient (Wildman–Crippen LogP) is 1.13. The number of hydrogen-bond acceptors (Lipinski definition) is 9. The summed E-state index contributed by atoms with van der Waals surface area (Å²) in [4.78, 5) is 24.1. The average molecular weight is 494 g/mol. The fourth-order valence-corrected chi connectivity index (χ4v) is 4.56. The van der Waals surface area contributed by atoms with Gasteiger partial charge in [-0.2, -0.15) is 0 Å². The lowest BCUT2D eigenvalue weighted by Crippen LogP contribution is -2.61. The molecule has 2 aliphatic rings. The smallest absolute Gasteiger partial charge is 0.340 e. The monoisotopic (exact) mass is 494 g/mol. The van der Waals surface area contributed by atoms with Gasteiger partial charge in [0.2, 0.25) is 6.29 Å². The second-order valence-corrected chi connectivity index (χ2v) is 8.54. The third-order valence-electron chi connectivity index (χ3n) is 6.37. The Morgan fingerprint density at radius 1 is 0.833 bits per heavy atom. The van der Waals surface area contributed by atoms with Crippen molar-refractivity contribution in [2.24, 2.45) is 0 Å². The van der Waals surface area contributed by atoms with E-state index in [1.54, 1.807) is 48.5 Å². The number of aliphatic carboxylic acids is 1. The van der Waals surface area contributed by atoms with Crippen LogP contribution in [0.25, 0.3) is 0 Å². The largest absolute Gasteiger partial charge is 0.508 e. The number of carboxylic acids is 1. The van der Waals surface area contributed by atoms with Crippen LogP contribution in [0.4, 0.5) is 0 Å². The lowest BCUT2D eigenvalue weighted by Gasteiger charge is -2.38. The molecule has 10 heteroatoms. The molecule has 0 radical (unpaired) electrons. The molecule has 2 aliphatic heterocycles. The number of fused-ring (bicyclic) bond motifs is 1. The van der Waals surface area contributed by atoms with Crippen molar-refractivity contribution in [2.75, 3.05) is 0 Å². The fourth-order valence-electron chi connectivity index (χ4n) is 4.56. The first-order valence-corrected chi connectivity index (χ1v) is 11.0. The molecule has 10 nitrogen and oxygen atoms in total. The molecule has 6 atom stereocenters. The van der Waals surface area contributed by atoms with Gasteiger partial charge in [-0.1, -0.05) is 42.5 Å². The highest BCUT2D eigenvalue weighted by Gasteiger charge is 2.49. The number of phenols is 1. The number of benzene rings is 3. The molecule has 3 aromatic rings. The van der Waals surface area contributed by atoms with Crippen molar-refractivity contribution in [3.05, 3.63) is 95.1 Å². The van der Waals surface area contributed by atoms with Crippen LogP contribution in [-0.4, -0.2) is 68.2 Å². The number of carbonyl (C=O) groups is 2. The summed E-state index contributed by atoms with van der Waals surface area (Å²) in [7, 11) is 0. The Morgan fingerprint density at radius 2 is 1.44 bits per heavy atom. The van der Waals surface area contributed by atoms with E-state index >= 15 is 0 Å². The van der Waals surface area contributed by atoms with Gasteiger partial charge in [0.15, 0.2) is 11.7 Å². The van der Waals surface area contributed by atoms with Crippen LogP contribution in [0.1, 0.15) is 27.0 Å². The number of aromatic hydroxyl groups is 1. The zero-order chi connectivity index (χ0) is 25.6. The molecule has 3 aromatic carbocycles. The van der Waals surface area contributed by atoms with E-state index in [9.17, 15) is 35.1 Å². The molecule has 0 saturated carbocycles. The molecule has 0 aliphatic carbocycles. The maximum absolute atomic E-state index is 12.8. The van der Waals surface area contributed by atoms with Crippen LogP contribution in [0.2, 0.25) is 0 Å². The van der Waals surface area contributed by atoms with Crippen LogP contribution in [-0.2, 0) is 19.9 Å². The SMILES string of the molecule is O=C1O[C@](c2ccc(O)cc2)(c2ccc(O[C@@H]3O[C@H](C(=O)O)[C@@H](O)[C@H](O)[C@H]3O)cc2)c2ccccc21. The lowest BCUT2D eigenvalue weighted by molar-refractivity contribution is -0.271. The van der Waals surface area contributed by atoms with Crippen LogP contribution in [0.5, 0.6) is 11.5 Å².